The van der Waals surface area contributed by atoms with Crippen LogP contribution in [0, 0.1) is 18.8 Å². The number of hydrogen-bond donors (Lipinski definition) is 0. The minimum absolute atomic E-state index is 0.235. The number of halogens is 1. The summed E-state index contributed by atoms with van der Waals surface area (Å²) < 4.78 is 0. The van der Waals surface area contributed by atoms with Gasteiger partial charge < -0.3 is 9.80 Å². The number of aryl methyl sites for hydroxylation is 1. The van der Waals surface area contributed by atoms with E-state index in [-0.39, 0.29) is 5.91 Å². The molecule has 5 rings (SSSR count). The fraction of sp³-hybridized carbons (Fsp3) is 0.480. The molecule has 3 nitrogen and oxygen atoms in total. The summed E-state index contributed by atoms with van der Waals surface area (Å²) in [5.41, 5.74) is 4.50. The van der Waals surface area contributed by atoms with Crippen molar-refractivity contribution in [3.05, 3.63) is 64.2 Å². The van der Waals surface area contributed by atoms with Crippen molar-refractivity contribution >= 4 is 23.2 Å². The van der Waals surface area contributed by atoms with Crippen molar-refractivity contribution in [2.24, 2.45) is 11.8 Å². The largest absolute Gasteiger partial charge is 0.310 e. The van der Waals surface area contributed by atoms with Crippen molar-refractivity contribution in [1.82, 2.24) is 4.90 Å². The summed E-state index contributed by atoms with van der Waals surface area (Å²) in [6.07, 6.45) is 1.28. The SMILES string of the molecule is Cc1ccc2c(c1)C(C)(C)C(=O)N2CCN1CC2CC(c3ccc(Cl)cc3)C2C1. The Hall–Kier alpha value is -1.84. The van der Waals surface area contributed by atoms with Crippen molar-refractivity contribution < 1.29 is 4.79 Å². The number of nitrogens with zero attached hydrogens (tertiary/aromatic N) is 2. The summed E-state index contributed by atoms with van der Waals surface area (Å²) >= 11 is 6.05. The monoisotopic (exact) mass is 408 g/mol. The summed E-state index contributed by atoms with van der Waals surface area (Å²) in [6.45, 7) is 10.3. The third-order valence-electron chi connectivity index (χ3n) is 7.47. The third kappa shape index (κ3) is 3.10. The number of carbonyl (C=O) groups is 1. The van der Waals surface area contributed by atoms with Gasteiger partial charge in [-0.1, -0.05) is 41.4 Å². The molecule has 2 aromatic rings. The fourth-order valence-electron chi connectivity index (χ4n) is 5.69. The molecule has 1 amide bonds. The number of carbonyl (C=O) groups excluding carboxylic acids is 1. The molecule has 1 saturated heterocycles. The van der Waals surface area contributed by atoms with Crippen LogP contribution in [0.5, 0.6) is 0 Å². The summed E-state index contributed by atoms with van der Waals surface area (Å²) in [5, 5.41) is 0.811. The molecule has 3 aliphatic rings. The highest BCUT2D eigenvalue weighted by Gasteiger charge is 2.48. The van der Waals surface area contributed by atoms with Gasteiger partial charge in [-0.05, 0) is 74.3 Å². The van der Waals surface area contributed by atoms with Crippen LogP contribution >= 0.6 is 11.6 Å². The molecular weight excluding hydrogens is 380 g/mol. The normalized spacial score (nSPS) is 27.7. The highest BCUT2D eigenvalue weighted by atomic mass is 35.5. The predicted molar refractivity (Wildman–Crippen MR) is 119 cm³/mol. The Balaban J connectivity index is 1.24. The van der Waals surface area contributed by atoms with Gasteiger partial charge in [-0.25, -0.2) is 0 Å². The van der Waals surface area contributed by atoms with E-state index in [1.165, 1.54) is 29.7 Å². The van der Waals surface area contributed by atoms with E-state index < -0.39 is 5.41 Å². The van der Waals surface area contributed by atoms with Crippen LogP contribution in [0.15, 0.2) is 42.5 Å². The molecule has 1 aliphatic carbocycles. The lowest BCUT2D eigenvalue weighted by Gasteiger charge is -2.40. The molecule has 29 heavy (non-hydrogen) atoms. The molecule has 0 radical (unpaired) electrons. The van der Waals surface area contributed by atoms with E-state index in [2.05, 4.69) is 56.0 Å². The number of benzene rings is 2. The number of amides is 1. The molecule has 0 bridgehead atoms. The average Bonchev–Trinajstić information content (AvgIpc) is 3.09. The Morgan fingerprint density at radius 1 is 1.07 bits per heavy atom. The summed E-state index contributed by atoms with van der Waals surface area (Å²) in [7, 11) is 0. The smallest absolute Gasteiger partial charge is 0.237 e. The number of anilines is 1. The molecular formula is C25H29ClN2O. The highest BCUT2D eigenvalue weighted by molar-refractivity contribution is 6.30. The molecule has 4 heteroatoms. The Morgan fingerprint density at radius 3 is 2.59 bits per heavy atom. The zero-order valence-electron chi connectivity index (χ0n) is 17.5. The van der Waals surface area contributed by atoms with Gasteiger partial charge >= 0.3 is 0 Å². The molecule has 3 atom stereocenters. The van der Waals surface area contributed by atoms with Crippen LogP contribution in [0.3, 0.4) is 0 Å². The summed E-state index contributed by atoms with van der Waals surface area (Å²) in [4.78, 5) is 17.7. The zero-order valence-corrected chi connectivity index (χ0v) is 18.2. The number of rotatable bonds is 4. The molecule has 0 aromatic heterocycles. The van der Waals surface area contributed by atoms with Gasteiger partial charge in [0.25, 0.3) is 0 Å². The molecule has 0 spiro atoms. The maximum atomic E-state index is 13.1. The van der Waals surface area contributed by atoms with Gasteiger partial charge in [-0.15, -0.1) is 0 Å². The molecule has 0 N–H and O–H groups in total. The first-order chi connectivity index (χ1) is 13.8. The minimum Gasteiger partial charge on any atom is -0.310 e. The van der Waals surface area contributed by atoms with Gasteiger partial charge in [-0.2, -0.15) is 0 Å². The van der Waals surface area contributed by atoms with Gasteiger partial charge in [0.15, 0.2) is 0 Å². The van der Waals surface area contributed by atoms with E-state index in [1.54, 1.807) is 0 Å². The molecule has 2 aliphatic heterocycles. The number of fused-ring (bicyclic) bond motifs is 2. The molecule has 1 saturated carbocycles. The second-order valence-electron chi connectivity index (χ2n) is 9.68. The Kier molecular flexibility index (Phi) is 4.52. The van der Waals surface area contributed by atoms with Gasteiger partial charge in [0.05, 0.1) is 5.41 Å². The van der Waals surface area contributed by atoms with Gasteiger partial charge in [-0.3, -0.25) is 4.79 Å². The van der Waals surface area contributed by atoms with Gasteiger partial charge in [0, 0.05) is 36.9 Å². The molecule has 2 aromatic carbocycles. The van der Waals surface area contributed by atoms with Crippen molar-refractivity contribution in [3.63, 3.8) is 0 Å². The first-order valence-electron chi connectivity index (χ1n) is 10.8. The standard InChI is InChI=1S/C25H29ClN2O/c1-16-4-9-23-22(12-16)25(2,3)24(29)28(23)11-10-27-14-18-13-20(21(18)15-27)17-5-7-19(26)8-6-17/h4-9,12,18,20-21H,10-11,13-15H2,1-3H3. The lowest BCUT2D eigenvalue weighted by Crippen LogP contribution is -2.40. The fourth-order valence-corrected chi connectivity index (χ4v) is 5.81. The van der Waals surface area contributed by atoms with Gasteiger partial charge in [0.1, 0.15) is 0 Å². The van der Waals surface area contributed by atoms with Crippen molar-refractivity contribution in [3.8, 4) is 0 Å². The van der Waals surface area contributed by atoms with E-state index >= 15 is 0 Å². The Labute approximate surface area is 178 Å². The first-order valence-corrected chi connectivity index (χ1v) is 11.1. The molecule has 152 valence electrons. The quantitative estimate of drug-likeness (QED) is 0.710. The Bertz CT molecular complexity index is 952. The Morgan fingerprint density at radius 2 is 1.83 bits per heavy atom. The van der Waals surface area contributed by atoms with Crippen LogP contribution in [0.1, 0.15) is 42.9 Å². The third-order valence-corrected chi connectivity index (χ3v) is 7.73. The summed E-state index contributed by atoms with van der Waals surface area (Å²) in [5.74, 6) is 2.45. The average molecular weight is 409 g/mol. The second kappa shape index (κ2) is 6.85. The zero-order chi connectivity index (χ0) is 20.3. The van der Waals surface area contributed by atoms with E-state index in [4.69, 9.17) is 11.6 Å². The lowest BCUT2D eigenvalue weighted by molar-refractivity contribution is -0.122. The van der Waals surface area contributed by atoms with Crippen LogP contribution in [0.25, 0.3) is 0 Å². The van der Waals surface area contributed by atoms with E-state index in [9.17, 15) is 4.79 Å². The van der Waals surface area contributed by atoms with Crippen LogP contribution in [-0.4, -0.2) is 37.0 Å². The molecule has 2 fully saturated rings. The molecule has 3 unspecified atom stereocenters. The van der Waals surface area contributed by atoms with E-state index in [0.29, 0.717) is 5.92 Å². The van der Waals surface area contributed by atoms with E-state index in [0.717, 1.165) is 42.2 Å². The first kappa shape index (κ1) is 19.1. The number of likely N-dealkylation sites (tertiary alicyclic amines) is 1. The van der Waals surface area contributed by atoms with E-state index in [1.807, 2.05) is 17.0 Å². The van der Waals surface area contributed by atoms with Crippen molar-refractivity contribution in [2.45, 2.75) is 38.5 Å². The van der Waals surface area contributed by atoms with Crippen LogP contribution < -0.4 is 4.90 Å². The topological polar surface area (TPSA) is 23.6 Å². The van der Waals surface area contributed by atoms with Crippen molar-refractivity contribution in [2.75, 3.05) is 31.1 Å². The number of hydrogen-bond acceptors (Lipinski definition) is 2. The maximum Gasteiger partial charge on any atom is 0.237 e. The maximum absolute atomic E-state index is 13.1. The summed E-state index contributed by atoms with van der Waals surface area (Å²) in [6, 6.07) is 14.8. The molecule has 2 heterocycles. The lowest BCUT2D eigenvalue weighted by atomic mass is 9.64. The van der Waals surface area contributed by atoms with Gasteiger partial charge in [0.2, 0.25) is 5.91 Å². The minimum atomic E-state index is -0.426. The van der Waals surface area contributed by atoms with Crippen molar-refractivity contribution in [1.29, 1.82) is 0 Å². The highest BCUT2D eigenvalue weighted by Crippen LogP contribution is 2.51. The van der Waals surface area contributed by atoms with Crippen LogP contribution in [0.2, 0.25) is 5.02 Å². The second-order valence-corrected chi connectivity index (χ2v) is 10.1. The van der Waals surface area contributed by atoms with Crippen LogP contribution in [0.4, 0.5) is 5.69 Å². The van der Waals surface area contributed by atoms with Crippen LogP contribution in [-0.2, 0) is 10.2 Å². The predicted octanol–water partition coefficient (Wildman–Crippen LogP) is 5.01.